The minimum atomic E-state index is -0.538. The van der Waals surface area contributed by atoms with Gasteiger partial charge >= 0.3 is 0 Å². The van der Waals surface area contributed by atoms with Crippen LogP contribution in [-0.4, -0.2) is 19.9 Å². The fourth-order valence-electron chi connectivity index (χ4n) is 2.45. The van der Waals surface area contributed by atoms with Gasteiger partial charge in [0.15, 0.2) is 11.6 Å². The Bertz CT molecular complexity index is 1080. The van der Waals surface area contributed by atoms with E-state index in [0.717, 1.165) is 5.39 Å². The number of nitrogens with two attached hydrogens (primary N) is 1. The number of hydrogen-bond donors (Lipinski definition) is 3. The van der Waals surface area contributed by atoms with Crippen LogP contribution in [0.3, 0.4) is 0 Å². The van der Waals surface area contributed by atoms with Crippen LogP contribution in [0.2, 0.25) is 5.15 Å². The zero-order valence-corrected chi connectivity index (χ0v) is 14.0. The number of nitrogen functional groups attached to an aromatic ring is 1. The summed E-state index contributed by atoms with van der Waals surface area (Å²) in [5.41, 5.74) is 6.67. The summed E-state index contributed by atoms with van der Waals surface area (Å²) < 4.78 is 20.1. The Hall–Kier alpha value is -3.39. The molecular weight excluding hydrogens is 359 g/mol. The van der Waals surface area contributed by atoms with Crippen molar-refractivity contribution in [3.8, 4) is 11.5 Å². The van der Waals surface area contributed by atoms with Gasteiger partial charge in [-0.05, 0) is 24.3 Å². The van der Waals surface area contributed by atoms with E-state index in [1.165, 1.54) is 18.2 Å². The first-order valence-electron chi connectivity index (χ1n) is 7.55. The van der Waals surface area contributed by atoms with Gasteiger partial charge < -0.3 is 20.8 Å². The molecule has 4 N–H and O–H groups in total. The molecule has 0 amide bonds. The van der Waals surface area contributed by atoms with Crippen LogP contribution in [0.4, 0.5) is 21.8 Å². The zero-order valence-electron chi connectivity index (χ0n) is 13.2. The Balaban J connectivity index is 1.59. The summed E-state index contributed by atoms with van der Waals surface area (Å²) >= 11 is 5.83. The largest absolute Gasteiger partial charge is 0.453 e. The Labute approximate surface area is 152 Å². The highest BCUT2D eigenvalue weighted by Gasteiger charge is 2.10. The lowest BCUT2D eigenvalue weighted by Crippen LogP contribution is -2.00. The van der Waals surface area contributed by atoms with E-state index in [4.69, 9.17) is 22.1 Å². The van der Waals surface area contributed by atoms with Crippen LogP contribution in [0.15, 0.2) is 48.8 Å². The molecule has 0 unspecified atom stereocenters. The number of nitrogens with zero attached hydrogens (tertiary/aromatic N) is 3. The monoisotopic (exact) mass is 370 g/mol. The molecule has 0 radical (unpaired) electrons. The van der Waals surface area contributed by atoms with Gasteiger partial charge in [-0.1, -0.05) is 11.6 Å². The predicted octanol–water partition coefficient (Wildman–Crippen LogP) is 4.26. The van der Waals surface area contributed by atoms with Gasteiger partial charge in [0, 0.05) is 30.2 Å². The van der Waals surface area contributed by atoms with Crippen molar-refractivity contribution < 1.29 is 9.13 Å². The summed E-state index contributed by atoms with van der Waals surface area (Å²) in [5, 5.41) is 3.87. The molecule has 0 aliphatic heterocycles. The second-order valence-corrected chi connectivity index (χ2v) is 5.74. The minimum absolute atomic E-state index is 0.0219. The molecule has 0 atom stereocenters. The van der Waals surface area contributed by atoms with Crippen LogP contribution in [0, 0.1) is 5.82 Å². The first-order chi connectivity index (χ1) is 12.6. The van der Waals surface area contributed by atoms with E-state index in [2.05, 4.69) is 25.3 Å². The third kappa shape index (κ3) is 3.22. The van der Waals surface area contributed by atoms with Gasteiger partial charge in [0.25, 0.3) is 0 Å². The molecule has 0 aliphatic rings. The lowest BCUT2D eigenvalue weighted by molar-refractivity contribution is 0.446. The molecule has 4 rings (SSSR count). The number of pyridine rings is 1. The standard InChI is InChI=1S/C17H12ClFN6O/c18-14-8-15(25-17(20)24-14)23-9-1-2-13(11(19)7-9)26-12-4-6-22-16-10(12)3-5-21-16/h1-8H,(H,21,22)(H3,20,23,24,25). The van der Waals surface area contributed by atoms with E-state index >= 15 is 0 Å². The van der Waals surface area contributed by atoms with Gasteiger partial charge in [0.05, 0.1) is 5.39 Å². The van der Waals surface area contributed by atoms with Crippen LogP contribution in [-0.2, 0) is 0 Å². The minimum Gasteiger partial charge on any atom is -0.453 e. The second kappa shape index (κ2) is 6.49. The fraction of sp³-hybridized carbons (Fsp3) is 0. The quantitative estimate of drug-likeness (QED) is 0.464. The summed E-state index contributed by atoms with van der Waals surface area (Å²) in [4.78, 5) is 14.9. The number of nitrogens with one attached hydrogen (secondary N) is 2. The highest BCUT2D eigenvalue weighted by Crippen LogP contribution is 2.31. The third-order valence-electron chi connectivity index (χ3n) is 3.56. The number of benzene rings is 1. The number of rotatable bonds is 4. The van der Waals surface area contributed by atoms with E-state index in [-0.39, 0.29) is 16.9 Å². The highest BCUT2D eigenvalue weighted by molar-refractivity contribution is 6.29. The SMILES string of the molecule is Nc1nc(Cl)cc(Nc2ccc(Oc3ccnc4[nH]ccc34)c(F)c2)n1. The van der Waals surface area contributed by atoms with Crippen molar-refractivity contribution in [2.24, 2.45) is 0 Å². The maximum Gasteiger partial charge on any atom is 0.223 e. The Morgan fingerprint density at radius 3 is 2.81 bits per heavy atom. The molecule has 7 nitrogen and oxygen atoms in total. The first-order valence-corrected chi connectivity index (χ1v) is 7.93. The van der Waals surface area contributed by atoms with E-state index < -0.39 is 5.82 Å². The molecule has 130 valence electrons. The van der Waals surface area contributed by atoms with Crippen molar-refractivity contribution in [3.63, 3.8) is 0 Å². The first kappa shape index (κ1) is 16.1. The third-order valence-corrected chi connectivity index (χ3v) is 3.75. The second-order valence-electron chi connectivity index (χ2n) is 5.36. The van der Waals surface area contributed by atoms with Gasteiger partial charge in [-0.3, -0.25) is 0 Å². The van der Waals surface area contributed by atoms with Gasteiger partial charge in [-0.25, -0.2) is 14.4 Å². The molecule has 0 aliphatic carbocycles. The van der Waals surface area contributed by atoms with Gasteiger partial charge in [-0.2, -0.15) is 4.98 Å². The Morgan fingerprint density at radius 2 is 2.00 bits per heavy atom. The van der Waals surface area contributed by atoms with Crippen LogP contribution in [0.5, 0.6) is 11.5 Å². The number of anilines is 3. The van der Waals surface area contributed by atoms with Crippen molar-refractivity contribution in [3.05, 3.63) is 59.8 Å². The van der Waals surface area contributed by atoms with Crippen molar-refractivity contribution in [1.82, 2.24) is 19.9 Å². The molecule has 0 saturated heterocycles. The molecule has 1 aromatic carbocycles. The van der Waals surface area contributed by atoms with Gasteiger partial charge in [0.1, 0.15) is 22.4 Å². The van der Waals surface area contributed by atoms with Crippen LogP contribution < -0.4 is 15.8 Å². The van der Waals surface area contributed by atoms with Crippen molar-refractivity contribution in [2.45, 2.75) is 0 Å². The predicted molar refractivity (Wildman–Crippen MR) is 97.3 cm³/mol. The molecule has 0 bridgehead atoms. The lowest BCUT2D eigenvalue weighted by Gasteiger charge is -2.10. The average Bonchev–Trinajstić information content (AvgIpc) is 3.06. The normalized spacial score (nSPS) is 10.8. The molecule has 4 aromatic rings. The Morgan fingerprint density at radius 1 is 1.12 bits per heavy atom. The van der Waals surface area contributed by atoms with Crippen LogP contribution in [0.1, 0.15) is 0 Å². The molecule has 0 spiro atoms. The van der Waals surface area contributed by atoms with Gasteiger partial charge in [-0.15, -0.1) is 0 Å². The maximum absolute atomic E-state index is 14.5. The number of aromatic amines is 1. The van der Waals surface area contributed by atoms with Crippen LogP contribution >= 0.6 is 11.6 Å². The van der Waals surface area contributed by atoms with E-state index in [1.807, 2.05) is 6.07 Å². The number of ether oxygens (including phenoxy) is 1. The van der Waals surface area contributed by atoms with Crippen molar-refractivity contribution in [2.75, 3.05) is 11.1 Å². The van der Waals surface area contributed by atoms with Crippen LogP contribution in [0.25, 0.3) is 11.0 Å². The molecule has 9 heteroatoms. The molecule has 3 heterocycles. The number of H-pyrrole nitrogens is 1. The van der Waals surface area contributed by atoms with E-state index in [1.54, 1.807) is 24.5 Å². The Kier molecular flexibility index (Phi) is 4.02. The lowest BCUT2D eigenvalue weighted by atomic mass is 10.2. The zero-order chi connectivity index (χ0) is 18.1. The van der Waals surface area contributed by atoms with Gasteiger partial charge in [0.2, 0.25) is 5.95 Å². The van der Waals surface area contributed by atoms with E-state index in [0.29, 0.717) is 22.9 Å². The average molecular weight is 371 g/mol. The summed E-state index contributed by atoms with van der Waals surface area (Å²) in [5.74, 6) is 0.437. The number of fused-ring (bicyclic) bond motifs is 1. The molecule has 3 aromatic heterocycles. The number of halogens is 2. The maximum atomic E-state index is 14.5. The number of aromatic nitrogens is 4. The van der Waals surface area contributed by atoms with Crippen molar-refractivity contribution in [1.29, 1.82) is 0 Å². The van der Waals surface area contributed by atoms with E-state index in [9.17, 15) is 4.39 Å². The van der Waals surface area contributed by atoms with Crippen molar-refractivity contribution >= 4 is 40.1 Å². The highest BCUT2D eigenvalue weighted by atomic mass is 35.5. The fourth-order valence-corrected chi connectivity index (χ4v) is 2.64. The molecule has 0 fully saturated rings. The molecular formula is C17H12ClFN6O. The smallest absolute Gasteiger partial charge is 0.223 e. The summed E-state index contributed by atoms with van der Waals surface area (Å²) in [6, 6.07) is 9.43. The molecule has 26 heavy (non-hydrogen) atoms. The number of hydrogen-bond acceptors (Lipinski definition) is 6. The summed E-state index contributed by atoms with van der Waals surface area (Å²) in [6.07, 6.45) is 3.33. The molecule has 0 saturated carbocycles. The topological polar surface area (TPSA) is 102 Å². The summed E-state index contributed by atoms with van der Waals surface area (Å²) in [6.45, 7) is 0. The summed E-state index contributed by atoms with van der Waals surface area (Å²) in [7, 11) is 0.